The predicted molar refractivity (Wildman–Crippen MR) is 59.3 cm³/mol. The second-order valence-corrected chi connectivity index (χ2v) is 5.87. The molecule has 0 spiro atoms. The van der Waals surface area contributed by atoms with Crippen LogP contribution in [0.1, 0.15) is 12.8 Å². The molecule has 1 rings (SSSR count). The first-order chi connectivity index (χ1) is 7.10. The molecule has 6 heteroatoms. The molecule has 0 saturated carbocycles. The molecule has 0 bridgehead atoms. The maximum atomic E-state index is 11.8. The van der Waals surface area contributed by atoms with Crippen molar-refractivity contribution < 1.29 is 13.2 Å². The number of hydrogen-bond donors (Lipinski definition) is 1. The summed E-state index contributed by atoms with van der Waals surface area (Å²) in [6.45, 7) is 1.85. The highest BCUT2D eigenvalue weighted by atomic mass is 32.2. The number of hydrogen-bond acceptors (Lipinski definition) is 4. The van der Waals surface area contributed by atoms with Crippen LogP contribution in [0.25, 0.3) is 0 Å². The molecule has 1 aliphatic rings. The predicted octanol–water partition coefficient (Wildman–Crippen LogP) is -0.354. The van der Waals surface area contributed by atoms with E-state index in [1.54, 1.807) is 7.11 Å². The summed E-state index contributed by atoms with van der Waals surface area (Å²) in [7, 11) is 0.388. The fourth-order valence-corrected chi connectivity index (χ4v) is 3.25. The smallest absolute Gasteiger partial charge is 0.214 e. The minimum atomic E-state index is -3.06. The fraction of sp³-hybridized carbons (Fsp3) is 1.00. The van der Waals surface area contributed by atoms with Crippen molar-refractivity contribution in [1.29, 1.82) is 0 Å². The van der Waals surface area contributed by atoms with E-state index in [9.17, 15) is 8.42 Å². The second kappa shape index (κ2) is 5.79. The summed E-state index contributed by atoms with van der Waals surface area (Å²) in [5.74, 6) is 0.226. The van der Waals surface area contributed by atoms with Crippen LogP contribution in [0.3, 0.4) is 0 Å². The van der Waals surface area contributed by atoms with Gasteiger partial charge >= 0.3 is 0 Å². The van der Waals surface area contributed by atoms with Crippen molar-refractivity contribution in [3.8, 4) is 0 Å². The van der Waals surface area contributed by atoms with E-state index in [0.717, 1.165) is 13.0 Å². The largest absolute Gasteiger partial charge is 0.380 e. The van der Waals surface area contributed by atoms with Gasteiger partial charge in [-0.3, -0.25) is 0 Å². The standard InChI is InChI=1S/C9H20N2O3S/c1-10-5-3-7-15(12,13)11-6-4-9(8-11)14-2/h9-10H,3-8H2,1-2H3. The molecule has 0 amide bonds. The summed E-state index contributed by atoms with van der Waals surface area (Å²) in [6, 6.07) is 0. The molecule has 1 fully saturated rings. The van der Waals surface area contributed by atoms with E-state index in [0.29, 0.717) is 19.5 Å². The molecule has 0 aromatic carbocycles. The quantitative estimate of drug-likeness (QED) is 0.640. The van der Waals surface area contributed by atoms with E-state index in [1.807, 2.05) is 7.05 Å². The minimum absolute atomic E-state index is 0.0732. The lowest BCUT2D eigenvalue weighted by molar-refractivity contribution is 0.115. The number of methoxy groups -OCH3 is 1. The Morgan fingerprint density at radius 3 is 2.80 bits per heavy atom. The van der Waals surface area contributed by atoms with Crippen molar-refractivity contribution in [2.75, 3.05) is 39.5 Å². The minimum Gasteiger partial charge on any atom is -0.380 e. The topological polar surface area (TPSA) is 58.6 Å². The zero-order valence-electron chi connectivity index (χ0n) is 9.40. The van der Waals surface area contributed by atoms with Crippen LogP contribution in [-0.4, -0.2) is 58.4 Å². The lowest BCUT2D eigenvalue weighted by atomic mass is 10.3. The molecular weight excluding hydrogens is 216 g/mol. The molecular formula is C9H20N2O3S. The molecule has 1 saturated heterocycles. The Bertz CT molecular complexity index is 279. The Balaban J connectivity index is 2.41. The maximum Gasteiger partial charge on any atom is 0.214 e. The van der Waals surface area contributed by atoms with Crippen molar-refractivity contribution in [1.82, 2.24) is 9.62 Å². The van der Waals surface area contributed by atoms with Gasteiger partial charge in [-0.1, -0.05) is 0 Å². The summed E-state index contributed by atoms with van der Waals surface area (Å²) >= 11 is 0. The van der Waals surface area contributed by atoms with Crippen LogP contribution < -0.4 is 5.32 Å². The molecule has 1 N–H and O–H groups in total. The van der Waals surface area contributed by atoms with E-state index in [-0.39, 0.29) is 11.9 Å². The number of ether oxygens (including phenoxy) is 1. The molecule has 5 nitrogen and oxygen atoms in total. The summed E-state index contributed by atoms with van der Waals surface area (Å²) in [5, 5.41) is 2.94. The Morgan fingerprint density at radius 1 is 1.53 bits per heavy atom. The Labute approximate surface area is 91.8 Å². The van der Waals surface area contributed by atoms with Crippen molar-refractivity contribution in [3.05, 3.63) is 0 Å². The van der Waals surface area contributed by atoms with Crippen molar-refractivity contribution in [3.63, 3.8) is 0 Å². The number of rotatable bonds is 6. The average Bonchev–Trinajstić information content (AvgIpc) is 2.66. The van der Waals surface area contributed by atoms with Crippen molar-refractivity contribution in [2.45, 2.75) is 18.9 Å². The summed E-state index contributed by atoms with van der Waals surface area (Å²) < 4.78 is 30.3. The first-order valence-electron chi connectivity index (χ1n) is 5.25. The third kappa shape index (κ3) is 3.71. The molecule has 1 unspecified atom stereocenters. The molecule has 0 aliphatic carbocycles. The van der Waals surface area contributed by atoms with Gasteiger partial charge in [-0.05, 0) is 26.4 Å². The number of nitrogens with zero attached hydrogens (tertiary/aromatic N) is 1. The van der Waals surface area contributed by atoms with Gasteiger partial charge in [0.05, 0.1) is 11.9 Å². The molecule has 1 heterocycles. The molecule has 0 aromatic rings. The summed E-state index contributed by atoms with van der Waals surface area (Å²) in [5.41, 5.74) is 0. The Hall–Kier alpha value is -0.170. The molecule has 15 heavy (non-hydrogen) atoms. The lowest BCUT2D eigenvalue weighted by Crippen LogP contribution is -2.32. The van der Waals surface area contributed by atoms with Crippen LogP contribution in [0.4, 0.5) is 0 Å². The van der Waals surface area contributed by atoms with Crippen LogP contribution in [-0.2, 0) is 14.8 Å². The van der Waals surface area contributed by atoms with Crippen LogP contribution in [0.5, 0.6) is 0 Å². The normalized spacial score (nSPS) is 23.5. The van der Waals surface area contributed by atoms with E-state index >= 15 is 0 Å². The van der Waals surface area contributed by atoms with Crippen LogP contribution in [0, 0.1) is 0 Å². The van der Waals surface area contributed by atoms with Gasteiger partial charge in [-0.2, -0.15) is 4.31 Å². The summed E-state index contributed by atoms with van der Waals surface area (Å²) in [4.78, 5) is 0. The van der Waals surface area contributed by atoms with Gasteiger partial charge in [-0.15, -0.1) is 0 Å². The third-order valence-corrected chi connectivity index (χ3v) is 4.59. The van der Waals surface area contributed by atoms with Crippen LogP contribution >= 0.6 is 0 Å². The molecule has 0 radical (unpaired) electrons. The number of nitrogens with one attached hydrogen (secondary N) is 1. The van der Waals surface area contributed by atoms with E-state index in [4.69, 9.17) is 4.74 Å². The van der Waals surface area contributed by atoms with Gasteiger partial charge < -0.3 is 10.1 Å². The monoisotopic (exact) mass is 236 g/mol. The SMILES string of the molecule is CNCCCS(=O)(=O)N1CCC(OC)C1. The molecule has 1 aliphatic heterocycles. The van der Waals surface area contributed by atoms with Crippen LogP contribution in [0.2, 0.25) is 0 Å². The fourth-order valence-electron chi connectivity index (χ4n) is 1.70. The van der Waals surface area contributed by atoms with Gasteiger partial charge in [0.15, 0.2) is 0 Å². The average molecular weight is 236 g/mol. The van der Waals surface area contributed by atoms with Crippen molar-refractivity contribution in [2.24, 2.45) is 0 Å². The lowest BCUT2D eigenvalue weighted by Gasteiger charge is -2.15. The highest BCUT2D eigenvalue weighted by Crippen LogP contribution is 2.16. The zero-order chi connectivity index (χ0) is 11.3. The van der Waals surface area contributed by atoms with Crippen molar-refractivity contribution >= 4 is 10.0 Å². The van der Waals surface area contributed by atoms with E-state index in [2.05, 4.69) is 5.32 Å². The Morgan fingerprint density at radius 2 is 2.27 bits per heavy atom. The van der Waals surface area contributed by atoms with E-state index in [1.165, 1.54) is 4.31 Å². The van der Waals surface area contributed by atoms with Crippen LogP contribution in [0.15, 0.2) is 0 Å². The van der Waals surface area contributed by atoms with Gasteiger partial charge in [0, 0.05) is 20.2 Å². The van der Waals surface area contributed by atoms with Gasteiger partial charge in [0.2, 0.25) is 10.0 Å². The van der Waals surface area contributed by atoms with Gasteiger partial charge in [0.25, 0.3) is 0 Å². The highest BCUT2D eigenvalue weighted by Gasteiger charge is 2.30. The van der Waals surface area contributed by atoms with Gasteiger partial charge in [0.1, 0.15) is 0 Å². The molecule has 1 atom stereocenters. The second-order valence-electron chi connectivity index (χ2n) is 3.78. The first-order valence-corrected chi connectivity index (χ1v) is 6.86. The van der Waals surface area contributed by atoms with Gasteiger partial charge in [-0.25, -0.2) is 8.42 Å². The molecule has 0 aromatic heterocycles. The highest BCUT2D eigenvalue weighted by molar-refractivity contribution is 7.89. The third-order valence-electron chi connectivity index (χ3n) is 2.66. The zero-order valence-corrected chi connectivity index (χ0v) is 10.2. The summed E-state index contributed by atoms with van der Waals surface area (Å²) in [6.07, 6.45) is 1.54. The first kappa shape index (κ1) is 12.9. The maximum absolute atomic E-state index is 11.8. The number of sulfonamides is 1. The molecule has 90 valence electrons. The Kier molecular flexibility index (Phi) is 4.98. The van der Waals surface area contributed by atoms with E-state index < -0.39 is 10.0 Å².